The summed E-state index contributed by atoms with van der Waals surface area (Å²) in [5, 5.41) is 5.75. The molecule has 7 heteroatoms. The van der Waals surface area contributed by atoms with Crippen LogP contribution in [0.1, 0.15) is 23.9 Å². The zero-order chi connectivity index (χ0) is 23.7. The maximum atomic E-state index is 6.24. The third-order valence-electron chi connectivity index (χ3n) is 6.50. The van der Waals surface area contributed by atoms with Crippen LogP contribution in [-0.4, -0.2) is 52.8 Å². The van der Waals surface area contributed by atoms with E-state index in [9.17, 15) is 0 Å². The van der Waals surface area contributed by atoms with E-state index in [0.29, 0.717) is 0 Å². The normalized spacial score (nSPS) is 14.6. The van der Waals surface area contributed by atoms with Crippen LogP contribution >= 0.6 is 11.6 Å². The molecule has 3 heterocycles. The summed E-state index contributed by atoms with van der Waals surface area (Å²) >= 11 is 6.24. The summed E-state index contributed by atoms with van der Waals surface area (Å²) in [5.41, 5.74) is 6.45. The average Bonchev–Trinajstić information content (AvgIpc) is 3.23. The van der Waals surface area contributed by atoms with Gasteiger partial charge in [0.25, 0.3) is 0 Å². The van der Waals surface area contributed by atoms with E-state index in [-0.39, 0.29) is 0 Å². The summed E-state index contributed by atoms with van der Waals surface area (Å²) in [6.07, 6.45) is 0.862. The molecule has 0 aliphatic carbocycles. The molecule has 1 aliphatic rings. The highest BCUT2D eigenvalue weighted by molar-refractivity contribution is 6.30. The topological polar surface area (TPSA) is 45.9 Å². The Balaban J connectivity index is 1.42. The lowest BCUT2D eigenvalue weighted by atomic mass is 10.0. The number of aromatic nitrogens is 3. The number of aryl methyl sites for hydroxylation is 2. The third-order valence-corrected chi connectivity index (χ3v) is 6.74. The number of rotatable bonds is 6. The summed E-state index contributed by atoms with van der Waals surface area (Å²) in [7, 11) is 1.71. The van der Waals surface area contributed by atoms with E-state index in [0.717, 1.165) is 83.9 Å². The number of fused-ring (bicyclic) bond motifs is 1. The molecule has 0 radical (unpaired) electrons. The minimum absolute atomic E-state index is 0.740. The molecule has 176 valence electrons. The molecule has 34 heavy (non-hydrogen) atoms. The van der Waals surface area contributed by atoms with Crippen molar-refractivity contribution in [2.75, 3.05) is 38.2 Å². The van der Waals surface area contributed by atoms with Crippen molar-refractivity contribution in [2.45, 2.75) is 26.8 Å². The van der Waals surface area contributed by atoms with Gasteiger partial charge in [0.15, 0.2) is 5.65 Å². The fourth-order valence-corrected chi connectivity index (χ4v) is 4.98. The first kappa shape index (κ1) is 22.7. The molecular weight excluding hydrogens is 446 g/mol. The number of benzene rings is 2. The van der Waals surface area contributed by atoms with E-state index in [4.69, 9.17) is 26.4 Å². The van der Waals surface area contributed by atoms with Gasteiger partial charge in [-0.15, -0.1) is 0 Å². The lowest BCUT2D eigenvalue weighted by Crippen LogP contribution is -2.46. The van der Waals surface area contributed by atoms with Crippen LogP contribution in [0.2, 0.25) is 5.02 Å². The number of hydrogen-bond donors (Lipinski definition) is 0. The standard InChI is InChI=1S/C27H30ClN5O/c1-4-23-26(20-8-6-5-7-9-20)27-29-19(2)16-25(33(27)30-23)32-14-12-31(13-15-32)18-21-17-22(28)10-11-24(21)34-3/h5-11,16-17H,4,12-15,18H2,1-3H3. The quantitative estimate of drug-likeness (QED) is 0.381. The maximum absolute atomic E-state index is 6.24. The highest BCUT2D eigenvalue weighted by Crippen LogP contribution is 2.31. The molecular formula is C27H30ClN5O. The first-order valence-corrected chi connectivity index (χ1v) is 12.2. The number of halogens is 1. The number of ether oxygens (including phenoxy) is 1. The van der Waals surface area contributed by atoms with Crippen molar-refractivity contribution >= 4 is 23.1 Å². The second kappa shape index (κ2) is 9.65. The Bertz CT molecular complexity index is 1300. The predicted octanol–water partition coefficient (Wildman–Crippen LogP) is 5.25. The number of methoxy groups -OCH3 is 1. The van der Waals surface area contributed by atoms with Crippen molar-refractivity contribution in [1.82, 2.24) is 19.5 Å². The van der Waals surface area contributed by atoms with Crippen LogP contribution in [0.15, 0.2) is 54.6 Å². The maximum Gasteiger partial charge on any atom is 0.165 e. The minimum atomic E-state index is 0.740. The van der Waals surface area contributed by atoms with Gasteiger partial charge in [0, 0.05) is 60.6 Å². The van der Waals surface area contributed by atoms with Crippen LogP contribution in [0.4, 0.5) is 5.82 Å². The van der Waals surface area contributed by atoms with E-state index in [1.807, 2.05) is 28.8 Å². The Hall–Kier alpha value is -3.09. The molecule has 0 atom stereocenters. The predicted molar refractivity (Wildman–Crippen MR) is 138 cm³/mol. The number of anilines is 1. The van der Waals surface area contributed by atoms with Gasteiger partial charge in [0.05, 0.1) is 12.8 Å². The molecule has 1 saturated heterocycles. The first-order chi connectivity index (χ1) is 16.6. The molecule has 0 amide bonds. The molecule has 2 aromatic heterocycles. The number of nitrogens with zero attached hydrogens (tertiary/aromatic N) is 5. The van der Waals surface area contributed by atoms with Gasteiger partial charge >= 0.3 is 0 Å². The van der Waals surface area contributed by atoms with E-state index in [2.05, 4.69) is 54.0 Å². The van der Waals surface area contributed by atoms with Gasteiger partial charge in [-0.2, -0.15) is 9.61 Å². The van der Waals surface area contributed by atoms with Gasteiger partial charge in [0.2, 0.25) is 0 Å². The second-order valence-electron chi connectivity index (χ2n) is 8.75. The highest BCUT2D eigenvalue weighted by Gasteiger charge is 2.23. The molecule has 1 aliphatic heterocycles. The van der Waals surface area contributed by atoms with Crippen LogP contribution in [-0.2, 0) is 13.0 Å². The molecule has 6 nitrogen and oxygen atoms in total. The van der Waals surface area contributed by atoms with E-state index in [1.54, 1.807) is 7.11 Å². The molecule has 4 aromatic rings. The van der Waals surface area contributed by atoms with E-state index < -0.39 is 0 Å². The van der Waals surface area contributed by atoms with E-state index in [1.165, 1.54) is 5.56 Å². The van der Waals surface area contributed by atoms with E-state index >= 15 is 0 Å². The zero-order valence-electron chi connectivity index (χ0n) is 20.0. The largest absolute Gasteiger partial charge is 0.496 e. The highest BCUT2D eigenvalue weighted by atomic mass is 35.5. The van der Waals surface area contributed by atoms with Crippen molar-refractivity contribution < 1.29 is 4.74 Å². The van der Waals surface area contributed by atoms with Crippen molar-refractivity contribution in [3.8, 4) is 16.9 Å². The fraction of sp³-hybridized carbons (Fsp3) is 0.333. The van der Waals surface area contributed by atoms with Crippen LogP contribution in [0.5, 0.6) is 5.75 Å². The SMILES string of the molecule is CCc1nn2c(N3CCN(Cc4cc(Cl)ccc4OC)CC3)cc(C)nc2c1-c1ccccc1. The smallest absolute Gasteiger partial charge is 0.165 e. The molecule has 2 aromatic carbocycles. The van der Waals surface area contributed by atoms with Gasteiger partial charge in [0.1, 0.15) is 11.6 Å². The van der Waals surface area contributed by atoms with Crippen LogP contribution < -0.4 is 9.64 Å². The summed E-state index contributed by atoms with van der Waals surface area (Å²) in [6.45, 7) is 8.79. The molecule has 0 N–H and O–H groups in total. The summed E-state index contributed by atoms with van der Waals surface area (Å²) in [4.78, 5) is 9.79. The zero-order valence-corrected chi connectivity index (χ0v) is 20.7. The monoisotopic (exact) mass is 475 g/mol. The van der Waals surface area contributed by atoms with Gasteiger partial charge < -0.3 is 9.64 Å². The van der Waals surface area contributed by atoms with Gasteiger partial charge in [-0.3, -0.25) is 4.90 Å². The molecule has 0 spiro atoms. The minimum Gasteiger partial charge on any atom is -0.496 e. The fourth-order valence-electron chi connectivity index (χ4n) is 4.78. The Kier molecular flexibility index (Phi) is 6.44. The second-order valence-corrected chi connectivity index (χ2v) is 9.19. The number of hydrogen-bond acceptors (Lipinski definition) is 5. The van der Waals surface area contributed by atoms with Gasteiger partial charge in [-0.1, -0.05) is 48.9 Å². The average molecular weight is 476 g/mol. The van der Waals surface area contributed by atoms with Crippen molar-refractivity contribution in [1.29, 1.82) is 0 Å². The molecule has 0 unspecified atom stereocenters. The van der Waals surface area contributed by atoms with Gasteiger partial charge in [-0.25, -0.2) is 4.98 Å². The van der Waals surface area contributed by atoms with Crippen LogP contribution in [0, 0.1) is 6.92 Å². The Labute approximate surface area is 205 Å². The Morgan fingerprint density at radius 2 is 1.76 bits per heavy atom. The molecule has 5 rings (SSSR count). The van der Waals surface area contributed by atoms with Crippen LogP contribution in [0.3, 0.4) is 0 Å². The molecule has 0 saturated carbocycles. The first-order valence-electron chi connectivity index (χ1n) is 11.8. The molecule has 0 bridgehead atoms. The summed E-state index contributed by atoms with van der Waals surface area (Å²) in [6, 6.07) is 18.4. The lowest BCUT2D eigenvalue weighted by molar-refractivity contribution is 0.245. The lowest BCUT2D eigenvalue weighted by Gasteiger charge is -2.36. The summed E-state index contributed by atoms with van der Waals surface area (Å²) < 4.78 is 7.59. The molecule has 1 fully saturated rings. The van der Waals surface area contributed by atoms with Crippen molar-refractivity contribution in [3.05, 3.63) is 76.6 Å². The Morgan fingerprint density at radius 1 is 1.00 bits per heavy atom. The third kappa shape index (κ3) is 4.36. The van der Waals surface area contributed by atoms with Crippen molar-refractivity contribution in [3.63, 3.8) is 0 Å². The van der Waals surface area contributed by atoms with Crippen molar-refractivity contribution in [2.24, 2.45) is 0 Å². The summed E-state index contributed by atoms with van der Waals surface area (Å²) in [5.74, 6) is 2.00. The van der Waals surface area contributed by atoms with Crippen LogP contribution in [0.25, 0.3) is 16.8 Å². The number of piperazine rings is 1. The van der Waals surface area contributed by atoms with Gasteiger partial charge in [-0.05, 0) is 37.1 Å². The Morgan fingerprint density at radius 3 is 2.47 bits per heavy atom.